The smallest absolute Gasteiger partial charge is 0.252 e. The van der Waals surface area contributed by atoms with Gasteiger partial charge in [0.05, 0.1) is 6.04 Å². The van der Waals surface area contributed by atoms with Gasteiger partial charge in [0.25, 0.3) is 5.91 Å². The van der Waals surface area contributed by atoms with Gasteiger partial charge in [-0.05, 0) is 61.9 Å². The second kappa shape index (κ2) is 8.37. The van der Waals surface area contributed by atoms with Crippen LogP contribution < -0.4 is 10.6 Å². The molecule has 1 amide bonds. The molecule has 7 heteroatoms. The van der Waals surface area contributed by atoms with E-state index in [0.717, 1.165) is 32.0 Å². The van der Waals surface area contributed by atoms with Gasteiger partial charge in [-0.2, -0.15) is 4.39 Å². The number of hydrogen-bond acceptors (Lipinski definition) is 4. The number of ketones is 1. The lowest BCUT2D eigenvalue weighted by Gasteiger charge is -2.30. The van der Waals surface area contributed by atoms with Crippen molar-refractivity contribution in [3.8, 4) is 0 Å². The molecule has 5 nitrogen and oxygen atoms in total. The Hall–Kier alpha value is -2.67. The summed E-state index contributed by atoms with van der Waals surface area (Å²) in [7, 11) is 0. The molecular weight excluding hydrogens is 376 g/mol. The zero-order valence-corrected chi connectivity index (χ0v) is 15.9. The Balaban J connectivity index is 1.52. The van der Waals surface area contributed by atoms with Crippen molar-refractivity contribution < 1.29 is 18.4 Å². The van der Waals surface area contributed by atoms with Gasteiger partial charge in [-0.3, -0.25) is 9.59 Å². The second-order valence-corrected chi connectivity index (χ2v) is 7.78. The largest absolute Gasteiger partial charge is 0.342 e. The van der Waals surface area contributed by atoms with Gasteiger partial charge in [0, 0.05) is 23.7 Å². The van der Waals surface area contributed by atoms with Crippen molar-refractivity contribution in [2.75, 3.05) is 13.1 Å². The third-order valence-corrected chi connectivity index (χ3v) is 5.90. The average Bonchev–Trinajstić information content (AvgIpc) is 3.53. The number of nitrogens with zero attached hydrogens (tertiary/aromatic N) is 1. The zero-order chi connectivity index (χ0) is 20.4. The predicted molar refractivity (Wildman–Crippen MR) is 103 cm³/mol. The van der Waals surface area contributed by atoms with E-state index >= 15 is 0 Å². The number of amides is 1. The fraction of sp³-hybridized carbons (Fsp3) is 0.409. The Morgan fingerprint density at radius 2 is 1.90 bits per heavy atom. The Kier molecular flexibility index (Phi) is 5.67. The normalized spacial score (nSPS) is 22.7. The number of hydrogen-bond donors (Lipinski definition) is 2. The van der Waals surface area contributed by atoms with Gasteiger partial charge < -0.3 is 10.6 Å². The quantitative estimate of drug-likeness (QED) is 0.733. The molecule has 29 heavy (non-hydrogen) atoms. The van der Waals surface area contributed by atoms with Crippen LogP contribution in [0.4, 0.5) is 8.78 Å². The molecule has 0 spiro atoms. The van der Waals surface area contributed by atoms with Crippen LogP contribution in [0, 0.1) is 23.6 Å². The second-order valence-electron chi connectivity index (χ2n) is 7.78. The summed E-state index contributed by atoms with van der Waals surface area (Å²) in [5.41, 5.74) is 0.683. The highest BCUT2D eigenvalue weighted by Gasteiger charge is 2.48. The SMILES string of the molecule is O=C(NC(C(=O)C1CC1c1ccccc1F)C1CCNCC1)c1ccnc(F)c1. The molecule has 1 aliphatic carbocycles. The van der Waals surface area contributed by atoms with Crippen molar-refractivity contribution in [2.24, 2.45) is 11.8 Å². The van der Waals surface area contributed by atoms with Crippen LogP contribution >= 0.6 is 0 Å². The van der Waals surface area contributed by atoms with Crippen molar-refractivity contribution in [3.05, 3.63) is 65.5 Å². The third kappa shape index (κ3) is 4.34. The molecular formula is C22H23F2N3O2. The molecule has 152 valence electrons. The van der Waals surface area contributed by atoms with Crippen LogP contribution in [0.5, 0.6) is 0 Å². The van der Waals surface area contributed by atoms with Crippen molar-refractivity contribution in [2.45, 2.75) is 31.2 Å². The monoisotopic (exact) mass is 399 g/mol. The molecule has 2 aliphatic rings. The maximum Gasteiger partial charge on any atom is 0.252 e. The van der Waals surface area contributed by atoms with Crippen molar-refractivity contribution >= 4 is 11.7 Å². The van der Waals surface area contributed by atoms with Crippen molar-refractivity contribution in [3.63, 3.8) is 0 Å². The molecule has 3 atom stereocenters. The summed E-state index contributed by atoms with van der Waals surface area (Å²) in [4.78, 5) is 29.4. The number of halogens is 2. The number of pyridine rings is 1. The summed E-state index contributed by atoms with van der Waals surface area (Å²) in [6.07, 6.45) is 3.33. The summed E-state index contributed by atoms with van der Waals surface area (Å²) in [5, 5.41) is 6.09. The summed E-state index contributed by atoms with van der Waals surface area (Å²) in [6, 6.07) is 8.32. The summed E-state index contributed by atoms with van der Waals surface area (Å²) >= 11 is 0. The molecule has 1 saturated heterocycles. The highest BCUT2D eigenvalue weighted by Crippen LogP contribution is 2.49. The lowest BCUT2D eigenvalue weighted by Crippen LogP contribution is -2.49. The van der Waals surface area contributed by atoms with Gasteiger partial charge in [-0.25, -0.2) is 9.37 Å². The van der Waals surface area contributed by atoms with E-state index in [1.54, 1.807) is 18.2 Å². The lowest BCUT2D eigenvalue weighted by atomic mass is 9.85. The minimum atomic E-state index is -0.746. The maximum absolute atomic E-state index is 14.1. The standard InChI is InChI=1S/C22H23F2N3O2/c23-18-4-2-1-3-15(18)16-12-17(16)21(28)20(13-5-8-25-9-6-13)27-22(29)14-7-10-26-19(24)11-14/h1-4,7,10-11,13,16-17,20,25H,5-6,8-9,12H2,(H,27,29). The van der Waals surface area contributed by atoms with Gasteiger partial charge in [0.15, 0.2) is 5.78 Å². The first kappa shape index (κ1) is 19.6. The Labute approximate surface area is 167 Å². The van der Waals surface area contributed by atoms with E-state index in [2.05, 4.69) is 15.6 Å². The van der Waals surface area contributed by atoms with Crippen LogP contribution in [-0.2, 0) is 4.79 Å². The van der Waals surface area contributed by atoms with E-state index in [0.29, 0.717) is 12.0 Å². The van der Waals surface area contributed by atoms with Gasteiger partial charge >= 0.3 is 0 Å². The third-order valence-electron chi connectivity index (χ3n) is 5.90. The Bertz CT molecular complexity index is 914. The Morgan fingerprint density at radius 1 is 1.14 bits per heavy atom. The zero-order valence-electron chi connectivity index (χ0n) is 15.9. The predicted octanol–water partition coefficient (Wildman–Crippen LogP) is 2.83. The molecule has 2 N–H and O–H groups in total. The van der Waals surface area contributed by atoms with E-state index in [1.165, 1.54) is 18.3 Å². The van der Waals surface area contributed by atoms with E-state index in [9.17, 15) is 18.4 Å². The van der Waals surface area contributed by atoms with Gasteiger partial charge in [-0.1, -0.05) is 18.2 Å². The Morgan fingerprint density at radius 3 is 2.62 bits per heavy atom. The maximum atomic E-state index is 14.1. The summed E-state index contributed by atoms with van der Waals surface area (Å²) in [5.74, 6) is -2.06. The molecule has 0 radical (unpaired) electrons. The summed E-state index contributed by atoms with van der Waals surface area (Å²) in [6.45, 7) is 1.55. The number of nitrogens with one attached hydrogen (secondary N) is 2. The summed E-state index contributed by atoms with van der Waals surface area (Å²) < 4.78 is 27.5. The molecule has 4 rings (SSSR count). The highest BCUT2D eigenvalue weighted by atomic mass is 19.1. The van der Waals surface area contributed by atoms with E-state index < -0.39 is 17.9 Å². The van der Waals surface area contributed by atoms with Crippen LogP contribution in [0.2, 0.25) is 0 Å². The fourth-order valence-corrected chi connectivity index (χ4v) is 4.23. The molecule has 1 saturated carbocycles. The molecule has 1 aromatic carbocycles. The van der Waals surface area contributed by atoms with E-state index in [4.69, 9.17) is 0 Å². The number of piperidine rings is 1. The van der Waals surface area contributed by atoms with Crippen molar-refractivity contribution in [1.82, 2.24) is 15.6 Å². The molecule has 1 aliphatic heterocycles. The number of Topliss-reactive ketones (excluding diaryl/α,β-unsaturated/α-hetero) is 1. The first-order chi connectivity index (χ1) is 14.0. The van der Waals surface area contributed by atoms with Gasteiger partial charge in [0.1, 0.15) is 5.82 Å². The molecule has 3 unspecified atom stereocenters. The number of carbonyl (C=O) groups is 2. The van der Waals surface area contributed by atoms with Gasteiger partial charge in [-0.15, -0.1) is 0 Å². The van der Waals surface area contributed by atoms with Crippen LogP contribution in [-0.4, -0.2) is 35.8 Å². The number of benzene rings is 1. The molecule has 2 aromatic rings. The fourth-order valence-electron chi connectivity index (χ4n) is 4.23. The van der Waals surface area contributed by atoms with E-state index in [-0.39, 0.29) is 34.9 Å². The number of aromatic nitrogens is 1. The molecule has 0 bridgehead atoms. The van der Waals surface area contributed by atoms with Crippen LogP contribution in [0.3, 0.4) is 0 Å². The first-order valence-electron chi connectivity index (χ1n) is 9.96. The first-order valence-corrected chi connectivity index (χ1v) is 9.96. The lowest BCUT2D eigenvalue weighted by molar-refractivity contribution is -0.123. The minimum absolute atomic E-state index is 0.00116. The molecule has 2 heterocycles. The molecule has 2 fully saturated rings. The number of rotatable bonds is 6. The van der Waals surface area contributed by atoms with Crippen molar-refractivity contribution in [1.29, 1.82) is 0 Å². The van der Waals surface area contributed by atoms with Crippen LogP contribution in [0.15, 0.2) is 42.6 Å². The number of carbonyl (C=O) groups excluding carboxylic acids is 2. The van der Waals surface area contributed by atoms with Gasteiger partial charge in [0.2, 0.25) is 5.95 Å². The molecule has 1 aromatic heterocycles. The highest BCUT2D eigenvalue weighted by molar-refractivity contribution is 5.99. The van der Waals surface area contributed by atoms with Crippen LogP contribution in [0.1, 0.15) is 41.1 Å². The van der Waals surface area contributed by atoms with E-state index in [1.807, 2.05) is 0 Å². The average molecular weight is 399 g/mol. The topological polar surface area (TPSA) is 71.1 Å². The minimum Gasteiger partial charge on any atom is -0.342 e. The van der Waals surface area contributed by atoms with Crippen LogP contribution in [0.25, 0.3) is 0 Å².